The van der Waals surface area contributed by atoms with Gasteiger partial charge in [-0.3, -0.25) is 9.59 Å². The molecule has 1 aromatic carbocycles. The number of amides is 2. The topological polar surface area (TPSA) is 67.9 Å². The monoisotopic (exact) mass is 332 g/mol. The maximum atomic E-state index is 12.3. The largest absolute Gasteiger partial charge is 0.497 e. The van der Waals surface area contributed by atoms with E-state index in [4.69, 9.17) is 9.47 Å². The van der Waals surface area contributed by atoms with E-state index in [1.165, 1.54) is 0 Å². The van der Waals surface area contributed by atoms with E-state index in [9.17, 15) is 9.59 Å². The Morgan fingerprint density at radius 1 is 1.46 bits per heavy atom. The van der Waals surface area contributed by atoms with Gasteiger partial charge in [-0.15, -0.1) is 0 Å². The SMILES string of the molecule is COc1ccc2c(c1)C[C@@H](C(=O)NCCCN1CCCC1=O)CO2. The summed E-state index contributed by atoms with van der Waals surface area (Å²) in [5.74, 6) is 1.66. The van der Waals surface area contributed by atoms with Crippen molar-refractivity contribution in [1.29, 1.82) is 0 Å². The van der Waals surface area contributed by atoms with Gasteiger partial charge in [-0.1, -0.05) is 0 Å². The Balaban J connectivity index is 1.44. The third kappa shape index (κ3) is 3.80. The normalized spacial score (nSPS) is 19.6. The molecule has 0 saturated carbocycles. The van der Waals surface area contributed by atoms with Crippen molar-refractivity contribution in [2.75, 3.05) is 33.4 Å². The number of hydrogen-bond donors (Lipinski definition) is 1. The quantitative estimate of drug-likeness (QED) is 0.799. The molecule has 1 saturated heterocycles. The van der Waals surface area contributed by atoms with Gasteiger partial charge in [0.25, 0.3) is 0 Å². The van der Waals surface area contributed by atoms with E-state index in [2.05, 4.69) is 5.32 Å². The van der Waals surface area contributed by atoms with Crippen LogP contribution in [0.15, 0.2) is 18.2 Å². The highest BCUT2D eigenvalue weighted by Crippen LogP contribution is 2.30. The lowest BCUT2D eigenvalue weighted by atomic mass is 9.96. The van der Waals surface area contributed by atoms with Crippen LogP contribution >= 0.6 is 0 Å². The van der Waals surface area contributed by atoms with Gasteiger partial charge in [0.2, 0.25) is 11.8 Å². The molecule has 0 aromatic heterocycles. The van der Waals surface area contributed by atoms with Crippen molar-refractivity contribution in [3.05, 3.63) is 23.8 Å². The fourth-order valence-electron chi connectivity index (χ4n) is 3.23. The summed E-state index contributed by atoms with van der Waals surface area (Å²) in [6.07, 6.45) is 3.06. The van der Waals surface area contributed by atoms with Crippen LogP contribution < -0.4 is 14.8 Å². The summed E-state index contributed by atoms with van der Waals surface area (Å²) >= 11 is 0. The summed E-state index contributed by atoms with van der Waals surface area (Å²) in [4.78, 5) is 25.7. The zero-order chi connectivity index (χ0) is 16.9. The average Bonchev–Trinajstić information content (AvgIpc) is 3.02. The molecule has 1 fully saturated rings. The number of hydrogen-bond acceptors (Lipinski definition) is 4. The Morgan fingerprint density at radius 2 is 2.33 bits per heavy atom. The fourth-order valence-corrected chi connectivity index (χ4v) is 3.23. The Labute approximate surface area is 142 Å². The van der Waals surface area contributed by atoms with E-state index < -0.39 is 0 Å². The van der Waals surface area contributed by atoms with Crippen molar-refractivity contribution < 1.29 is 19.1 Å². The molecule has 24 heavy (non-hydrogen) atoms. The van der Waals surface area contributed by atoms with E-state index in [0.29, 0.717) is 26.0 Å². The van der Waals surface area contributed by atoms with Crippen LogP contribution in [0.25, 0.3) is 0 Å². The zero-order valence-corrected chi connectivity index (χ0v) is 14.0. The van der Waals surface area contributed by atoms with E-state index >= 15 is 0 Å². The molecule has 0 aliphatic carbocycles. The molecule has 6 nitrogen and oxygen atoms in total. The van der Waals surface area contributed by atoms with Gasteiger partial charge in [0.05, 0.1) is 13.0 Å². The molecule has 1 aromatic rings. The zero-order valence-electron chi connectivity index (χ0n) is 14.0. The van der Waals surface area contributed by atoms with Crippen LogP contribution in [0.1, 0.15) is 24.8 Å². The van der Waals surface area contributed by atoms with Crippen molar-refractivity contribution in [2.45, 2.75) is 25.7 Å². The molecule has 2 amide bonds. The van der Waals surface area contributed by atoms with Gasteiger partial charge in [-0.05, 0) is 43.0 Å². The number of nitrogens with zero attached hydrogens (tertiary/aromatic N) is 1. The number of benzene rings is 1. The maximum absolute atomic E-state index is 12.3. The molecule has 0 unspecified atom stereocenters. The van der Waals surface area contributed by atoms with Gasteiger partial charge in [-0.2, -0.15) is 0 Å². The predicted molar refractivity (Wildman–Crippen MR) is 89.1 cm³/mol. The molecule has 130 valence electrons. The first-order valence-corrected chi connectivity index (χ1v) is 8.52. The summed E-state index contributed by atoms with van der Waals surface area (Å²) in [6.45, 7) is 2.56. The Morgan fingerprint density at radius 3 is 3.08 bits per heavy atom. The fraction of sp³-hybridized carbons (Fsp3) is 0.556. The van der Waals surface area contributed by atoms with Crippen molar-refractivity contribution in [3.8, 4) is 11.5 Å². The van der Waals surface area contributed by atoms with Crippen molar-refractivity contribution in [1.82, 2.24) is 10.2 Å². The van der Waals surface area contributed by atoms with Crippen LogP contribution in [0.2, 0.25) is 0 Å². The number of nitrogens with one attached hydrogen (secondary N) is 1. The molecule has 0 spiro atoms. The highest BCUT2D eigenvalue weighted by molar-refractivity contribution is 5.79. The third-order valence-electron chi connectivity index (χ3n) is 4.62. The van der Waals surface area contributed by atoms with Crippen LogP contribution in [0.3, 0.4) is 0 Å². The van der Waals surface area contributed by atoms with Gasteiger partial charge >= 0.3 is 0 Å². The number of fused-ring (bicyclic) bond motifs is 1. The average molecular weight is 332 g/mol. The summed E-state index contributed by atoms with van der Waals surface area (Å²) in [7, 11) is 1.63. The van der Waals surface area contributed by atoms with E-state index in [-0.39, 0.29) is 17.7 Å². The third-order valence-corrected chi connectivity index (χ3v) is 4.62. The number of methoxy groups -OCH3 is 1. The molecule has 2 heterocycles. The van der Waals surface area contributed by atoms with E-state index in [1.54, 1.807) is 7.11 Å². The van der Waals surface area contributed by atoms with Gasteiger partial charge < -0.3 is 19.7 Å². The molecule has 1 atom stereocenters. The molecule has 3 rings (SSSR count). The lowest BCUT2D eigenvalue weighted by molar-refractivity contribution is -0.127. The Kier molecular flexibility index (Phi) is 5.23. The van der Waals surface area contributed by atoms with Crippen molar-refractivity contribution in [3.63, 3.8) is 0 Å². The minimum atomic E-state index is -0.182. The standard InChI is InChI=1S/C18H24N2O4/c1-23-15-5-6-16-13(11-15)10-14(12-24-16)18(22)19-7-3-9-20-8-2-4-17(20)21/h5-6,11,14H,2-4,7-10,12H2,1H3,(H,19,22)/t14-/m1/s1. The number of likely N-dealkylation sites (tertiary alicyclic amines) is 1. The highest BCUT2D eigenvalue weighted by Gasteiger charge is 2.26. The molecule has 2 aliphatic heterocycles. The lowest BCUT2D eigenvalue weighted by Gasteiger charge is -2.25. The summed E-state index contributed by atoms with van der Waals surface area (Å²) in [5, 5.41) is 2.96. The number of ether oxygens (including phenoxy) is 2. The second-order valence-corrected chi connectivity index (χ2v) is 6.31. The Bertz CT molecular complexity index is 617. The lowest BCUT2D eigenvalue weighted by Crippen LogP contribution is -2.38. The summed E-state index contributed by atoms with van der Waals surface area (Å²) in [6, 6.07) is 5.67. The van der Waals surface area contributed by atoms with Crippen molar-refractivity contribution >= 4 is 11.8 Å². The molecular formula is C18H24N2O4. The van der Waals surface area contributed by atoms with E-state index in [0.717, 1.165) is 43.0 Å². The van der Waals surface area contributed by atoms with E-state index in [1.807, 2.05) is 23.1 Å². The second-order valence-electron chi connectivity index (χ2n) is 6.31. The molecule has 6 heteroatoms. The summed E-state index contributed by atoms with van der Waals surface area (Å²) in [5.41, 5.74) is 1.00. The van der Waals surface area contributed by atoms with Crippen LogP contribution in [0.4, 0.5) is 0 Å². The van der Waals surface area contributed by atoms with Crippen LogP contribution in [-0.2, 0) is 16.0 Å². The molecular weight excluding hydrogens is 308 g/mol. The first kappa shape index (κ1) is 16.6. The molecule has 0 radical (unpaired) electrons. The van der Waals surface area contributed by atoms with Gasteiger partial charge in [0.1, 0.15) is 18.1 Å². The first-order valence-electron chi connectivity index (χ1n) is 8.52. The van der Waals surface area contributed by atoms with Crippen LogP contribution in [0, 0.1) is 5.92 Å². The van der Waals surface area contributed by atoms with Gasteiger partial charge in [-0.25, -0.2) is 0 Å². The number of carbonyl (C=O) groups excluding carboxylic acids is 2. The molecule has 2 aliphatic rings. The minimum absolute atomic E-state index is 0.0104. The number of rotatable bonds is 6. The Hall–Kier alpha value is -2.24. The van der Waals surface area contributed by atoms with Crippen molar-refractivity contribution in [2.24, 2.45) is 5.92 Å². The highest BCUT2D eigenvalue weighted by atomic mass is 16.5. The minimum Gasteiger partial charge on any atom is -0.497 e. The maximum Gasteiger partial charge on any atom is 0.226 e. The molecule has 0 bridgehead atoms. The second kappa shape index (κ2) is 7.55. The molecule has 1 N–H and O–H groups in total. The van der Waals surface area contributed by atoms with Crippen LogP contribution in [-0.4, -0.2) is 50.1 Å². The smallest absolute Gasteiger partial charge is 0.226 e. The predicted octanol–water partition coefficient (Wildman–Crippen LogP) is 1.37. The summed E-state index contributed by atoms with van der Waals surface area (Å²) < 4.78 is 10.9. The van der Waals surface area contributed by atoms with Gasteiger partial charge in [0.15, 0.2) is 0 Å². The van der Waals surface area contributed by atoms with Gasteiger partial charge in [0, 0.05) is 26.1 Å². The number of carbonyl (C=O) groups is 2. The van der Waals surface area contributed by atoms with Crippen LogP contribution in [0.5, 0.6) is 11.5 Å². The first-order chi connectivity index (χ1) is 11.7.